The summed E-state index contributed by atoms with van der Waals surface area (Å²) in [5, 5.41) is 0. The molecule has 2 heterocycles. The summed E-state index contributed by atoms with van der Waals surface area (Å²) in [7, 11) is 5.07. The summed E-state index contributed by atoms with van der Waals surface area (Å²) in [5.74, 6) is 2.18. The van der Waals surface area contributed by atoms with Crippen LogP contribution in [0.1, 0.15) is 21.6 Å². The van der Waals surface area contributed by atoms with E-state index in [0.29, 0.717) is 23.6 Å². The van der Waals surface area contributed by atoms with Crippen LogP contribution in [-0.4, -0.2) is 48.0 Å². The van der Waals surface area contributed by atoms with Gasteiger partial charge >= 0.3 is 0 Å². The van der Waals surface area contributed by atoms with Gasteiger partial charge in [-0.2, -0.15) is 0 Å². The Hall–Kier alpha value is -3.45. The number of ether oxygens (including phenoxy) is 2. The number of amides is 1. The Morgan fingerprint density at radius 3 is 2.55 bits per heavy atom. The highest BCUT2D eigenvalue weighted by atomic mass is 32.2. The number of hydrogen-bond acceptors (Lipinski definition) is 5. The second kappa shape index (κ2) is 10.4. The minimum absolute atomic E-state index is 0.00683. The Balaban J connectivity index is 1.31. The fraction of sp³-hybridized carbons (Fsp3) is 0.231. The van der Waals surface area contributed by atoms with Gasteiger partial charge in [-0.25, -0.2) is 4.98 Å². The Labute approximate surface area is 198 Å². The van der Waals surface area contributed by atoms with Crippen molar-refractivity contribution in [3.8, 4) is 11.5 Å². The number of methoxy groups -OCH3 is 2. The van der Waals surface area contributed by atoms with E-state index in [9.17, 15) is 4.79 Å². The highest BCUT2D eigenvalue weighted by Gasteiger charge is 2.13. The van der Waals surface area contributed by atoms with E-state index >= 15 is 0 Å². The third kappa shape index (κ3) is 5.49. The maximum absolute atomic E-state index is 12.8. The minimum Gasteiger partial charge on any atom is -0.493 e. The molecule has 0 aliphatic rings. The molecule has 0 atom stereocenters. The van der Waals surface area contributed by atoms with Crippen molar-refractivity contribution in [3.05, 3.63) is 89.9 Å². The highest BCUT2D eigenvalue weighted by Crippen LogP contribution is 2.28. The lowest BCUT2D eigenvalue weighted by atomic mass is 10.1. The number of imidazole rings is 1. The normalized spacial score (nSPS) is 10.9. The van der Waals surface area contributed by atoms with Gasteiger partial charge in [-0.05, 0) is 60.5 Å². The Bertz CT molecular complexity index is 1200. The van der Waals surface area contributed by atoms with Crippen molar-refractivity contribution in [3.63, 3.8) is 0 Å². The molecule has 0 aliphatic heterocycles. The fourth-order valence-corrected chi connectivity index (χ4v) is 4.34. The van der Waals surface area contributed by atoms with Crippen LogP contribution < -0.4 is 9.47 Å². The quantitative estimate of drug-likeness (QED) is 0.330. The molecule has 0 saturated carbocycles. The van der Waals surface area contributed by atoms with Crippen LogP contribution in [0.25, 0.3) is 5.65 Å². The average Bonchev–Trinajstić information content (AvgIpc) is 3.28. The first kappa shape index (κ1) is 22.7. The third-order valence-electron chi connectivity index (χ3n) is 5.43. The van der Waals surface area contributed by atoms with E-state index in [1.54, 1.807) is 30.9 Å². The Morgan fingerprint density at radius 2 is 1.82 bits per heavy atom. The van der Waals surface area contributed by atoms with E-state index < -0.39 is 0 Å². The first-order valence-corrected chi connectivity index (χ1v) is 11.7. The number of carbonyl (C=O) groups excluding carboxylic acids is 1. The van der Waals surface area contributed by atoms with E-state index in [1.807, 2.05) is 84.5 Å². The molecule has 0 fully saturated rings. The van der Waals surface area contributed by atoms with E-state index in [4.69, 9.17) is 9.47 Å². The molecule has 2 aromatic carbocycles. The molecular weight excluding hydrogens is 434 g/mol. The van der Waals surface area contributed by atoms with Crippen LogP contribution in [0, 0.1) is 0 Å². The van der Waals surface area contributed by atoms with Crippen molar-refractivity contribution >= 4 is 23.3 Å². The lowest BCUT2D eigenvalue weighted by Crippen LogP contribution is -2.28. The van der Waals surface area contributed by atoms with Crippen LogP contribution in [0.4, 0.5) is 0 Å². The molecule has 0 saturated heterocycles. The molecule has 0 radical (unpaired) electrons. The van der Waals surface area contributed by atoms with E-state index in [2.05, 4.69) is 4.98 Å². The third-order valence-corrected chi connectivity index (χ3v) is 6.48. The van der Waals surface area contributed by atoms with Crippen LogP contribution in [0.3, 0.4) is 0 Å². The van der Waals surface area contributed by atoms with Gasteiger partial charge in [0.25, 0.3) is 5.91 Å². The van der Waals surface area contributed by atoms with Crippen LogP contribution >= 0.6 is 11.8 Å². The standard InChI is InChI=1S/C26H27N3O3S/c1-28(15-13-19-7-12-23(31-2)24(16-19)32-3)26(30)20-8-10-22(11-9-20)33-18-21-17-29-14-5-4-6-25(29)27-21/h4-12,14,16-17H,13,15,18H2,1-3H3. The second-order valence-corrected chi connectivity index (χ2v) is 8.73. The number of benzene rings is 2. The van der Waals surface area contributed by atoms with Gasteiger partial charge in [0, 0.05) is 42.2 Å². The van der Waals surface area contributed by atoms with Crippen molar-refractivity contribution in [1.29, 1.82) is 0 Å². The topological polar surface area (TPSA) is 56.1 Å². The van der Waals surface area contributed by atoms with Gasteiger partial charge in [-0.15, -0.1) is 11.8 Å². The second-order valence-electron chi connectivity index (χ2n) is 7.68. The molecule has 0 N–H and O–H groups in total. The van der Waals surface area contributed by atoms with Gasteiger partial charge in [-0.3, -0.25) is 4.79 Å². The number of rotatable bonds is 9. The van der Waals surface area contributed by atoms with Gasteiger partial charge in [0.15, 0.2) is 11.5 Å². The predicted octanol–water partition coefficient (Wildman–Crippen LogP) is 4.96. The summed E-state index contributed by atoms with van der Waals surface area (Å²) >= 11 is 1.71. The van der Waals surface area contributed by atoms with Crippen LogP contribution in [0.15, 0.2) is 78.0 Å². The molecule has 1 amide bonds. The summed E-state index contributed by atoms with van der Waals surface area (Å²) in [6, 6.07) is 19.6. The number of fused-ring (bicyclic) bond motifs is 1. The van der Waals surface area contributed by atoms with Crippen LogP contribution in [0.2, 0.25) is 0 Å². The van der Waals surface area contributed by atoms with E-state index in [-0.39, 0.29) is 5.91 Å². The van der Waals surface area contributed by atoms with Gasteiger partial charge in [0.05, 0.1) is 19.9 Å². The number of pyridine rings is 1. The molecule has 2 aromatic heterocycles. The zero-order valence-electron chi connectivity index (χ0n) is 19.0. The smallest absolute Gasteiger partial charge is 0.253 e. The molecule has 170 valence electrons. The molecule has 4 aromatic rings. The van der Waals surface area contributed by atoms with Crippen molar-refractivity contribution in [1.82, 2.24) is 14.3 Å². The summed E-state index contributed by atoms with van der Waals surface area (Å²) in [5.41, 5.74) is 3.75. The van der Waals surface area contributed by atoms with Crippen molar-refractivity contribution in [2.75, 3.05) is 27.8 Å². The maximum Gasteiger partial charge on any atom is 0.253 e. The predicted molar refractivity (Wildman–Crippen MR) is 131 cm³/mol. The zero-order chi connectivity index (χ0) is 23.2. The molecule has 6 nitrogen and oxygen atoms in total. The zero-order valence-corrected chi connectivity index (χ0v) is 19.8. The van der Waals surface area contributed by atoms with Gasteiger partial charge in [-0.1, -0.05) is 12.1 Å². The first-order valence-electron chi connectivity index (χ1n) is 10.7. The van der Waals surface area contributed by atoms with Gasteiger partial charge in [0.2, 0.25) is 0 Å². The van der Waals surface area contributed by atoms with Crippen molar-refractivity contribution < 1.29 is 14.3 Å². The summed E-state index contributed by atoms with van der Waals surface area (Å²) in [6.07, 6.45) is 4.78. The minimum atomic E-state index is 0.00683. The number of likely N-dealkylation sites (N-methyl/N-ethyl adjacent to an activating group) is 1. The van der Waals surface area contributed by atoms with Crippen LogP contribution in [0.5, 0.6) is 11.5 Å². The number of nitrogens with zero attached hydrogens (tertiary/aromatic N) is 3. The molecule has 0 unspecified atom stereocenters. The largest absolute Gasteiger partial charge is 0.493 e. The van der Waals surface area contributed by atoms with Crippen LogP contribution in [-0.2, 0) is 12.2 Å². The number of carbonyl (C=O) groups is 1. The molecule has 33 heavy (non-hydrogen) atoms. The monoisotopic (exact) mass is 461 g/mol. The molecular formula is C26H27N3O3S. The summed E-state index contributed by atoms with van der Waals surface area (Å²) in [4.78, 5) is 20.3. The highest BCUT2D eigenvalue weighted by molar-refractivity contribution is 7.98. The van der Waals surface area contributed by atoms with Crippen molar-refractivity contribution in [2.24, 2.45) is 0 Å². The number of hydrogen-bond donors (Lipinski definition) is 0. The van der Waals surface area contributed by atoms with Gasteiger partial charge in [0.1, 0.15) is 5.65 Å². The lowest BCUT2D eigenvalue weighted by molar-refractivity contribution is 0.0796. The average molecular weight is 462 g/mol. The van der Waals surface area contributed by atoms with E-state index in [0.717, 1.165) is 34.0 Å². The maximum atomic E-state index is 12.8. The molecule has 7 heteroatoms. The Kier molecular flexibility index (Phi) is 7.19. The number of aromatic nitrogens is 2. The molecule has 4 rings (SSSR count). The Morgan fingerprint density at radius 1 is 1.03 bits per heavy atom. The fourth-order valence-electron chi connectivity index (χ4n) is 3.56. The van der Waals surface area contributed by atoms with E-state index in [1.165, 1.54) is 0 Å². The van der Waals surface area contributed by atoms with Crippen molar-refractivity contribution in [2.45, 2.75) is 17.1 Å². The van der Waals surface area contributed by atoms with Gasteiger partial charge < -0.3 is 18.8 Å². The molecule has 0 bridgehead atoms. The number of thioether (sulfide) groups is 1. The molecule has 0 spiro atoms. The SMILES string of the molecule is COc1ccc(CCN(C)C(=O)c2ccc(SCc3cn4ccccc4n3)cc2)cc1OC. The summed E-state index contributed by atoms with van der Waals surface area (Å²) in [6.45, 7) is 0.610. The lowest BCUT2D eigenvalue weighted by Gasteiger charge is -2.18. The molecule has 0 aliphatic carbocycles. The first-order chi connectivity index (χ1) is 16.1. The summed E-state index contributed by atoms with van der Waals surface area (Å²) < 4.78 is 12.7.